The quantitative estimate of drug-likeness (QED) is 0.738. The van der Waals surface area contributed by atoms with Gasteiger partial charge in [-0.15, -0.1) is 11.6 Å². The van der Waals surface area contributed by atoms with Crippen LogP contribution >= 0.6 is 0 Å². The molecule has 1 radical (unpaired) electrons. The number of rotatable bonds is 1. The summed E-state index contributed by atoms with van der Waals surface area (Å²) in [6.07, 6.45) is 3.42. The molecule has 1 aliphatic carbocycles. The molecule has 1 saturated carbocycles. The van der Waals surface area contributed by atoms with Gasteiger partial charge in [0.05, 0.1) is 6.61 Å². The largest absolute Gasteiger partial charge is 0.367 e. The summed E-state index contributed by atoms with van der Waals surface area (Å²) < 4.78 is 5.53. The van der Waals surface area contributed by atoms with Gasteiger partial charge in [-0.1, -0.05) is 27.0 Å². The second-order valence-corrected chi connectivity index (χ2v) is 4.39. The van der Waals surface area contributed by atoms with Crippen LogP contribution in [0.1, 0.15) is 32.3 Å². The van der Waals surface area contributed by atoms with Crippen molar-refractivity contribution in [2.24, 2.45) is 0 Å². The second-order valence-electron chi connectivity index (χ2n) is 4.39. The van der Waals surface area contributed by atoms with Crippen LogP contribution in [0.15, 0.2) is 12.3 Å². The molecular formula is C14H19N2O2Y-. The Balaban J connectivity index is 0.000000576. The number of aryl methyl sites for hydroxylation is 1. The zero-order valence-corrected chi connectivity index (χ0v) is 14.6. The Morgan fingerprint density at radius 1 is 1.42 bits per heavy atom. The van der Waals surface area contributed by atoms with Crippen LogP contribution in [0.2, 0.25) is 0 Å². The molecule has 1 aromatic heterocycles. The molecule has 1 aromatic rings. The number of pyridine rings is 1. The summed E-state index contributed by atoms with van der Waals surface area (Å²) in [6, 6.07) is 4.84. The molecule has 2 heterocycles. The number of carbonyl (C=O) groups excluding carboxylic acids is 1. The molecule has 0 atom stereocenters. The van der Waals surface area contributed by atoms with E-state index in [4.69, 9.17) is 4.74 Å². The maximum absolute atomic E-state index is 12.1. The van der Waals surface area contributed by atoms with Gasteiger partial charge in [-0.25, -0.2) is 0 Å². The third-order valence-electron chi connectivity index (χ3n) is 3.13. The third kappa shape index (κ3) is 3.42. The van der Waals surface area contributed by atoms with E-state index in [2.05, 4.69) is 11.1 Å². The van der Waals surface area contributed by atoms with Crippen LogP contribution in [-0.2, 0) is 42.2 Å². The SMILES string of the molecule is CC.Cc1[c-]cc(N2CCOC3(CC3)C2=O)nc1.[Y]. The summed E-state index contributed by atoms with van der Waals surface area (Å²) >= 11 is 0. The van der Waals surface area contributed by atoms with E-state index in [1.54, 1.807) is 17.2 Å². The maximum atomic E-state index is 12.1. The van der Waals surface area contributed by atoms with Gasteiger partial charge in [-0.2, -0.15) is 6.07 Å². The summed E-state index contributed by atoms with van der Waals surface area (Å²) in [7, 11) is 0. The number of amides is 1. The molecule has 101 valence electrons. The van der Waals surface area contributed by atoms with Crippen LogP contribution in [0.4, 0.5) is 5.82 Å². The van der Waals surface area contributed by atoms with Gasteiger partial charge in [0.25, 0.3) is 0 Å². The fraction of sp³-hybridized carbons (Fsp3) is 0.571. The van der Waals surface area contributed by atoms with E-state index in [1.165, 1.54) is 0 Å². The van der Waals surface area contributed by atoms with Gasteiger partial charge in [0, 0.05) is 45.1 Å². The zero-order chi connectivity index (χ0) is 13.2. The van der Waals surface area contributed by atoms with Gasteiger partial charge in [0.15, 0.2) is 0 Å². The minimum atomic E-state index is -0.509. The van der Waals surface area contributed by atoms with Crippen molar-refractivity contribution in [3.63, 3.8) is 0 Å². The van der Waals surface area contributed by atoms with Gasteiger partial charge in [0.2, 0.25) is 5.91 Å². The second kappa shape index (κ2) is 6.91. The summed E-state index contributed by atoms with van der Waals surface area (Å²) in [6.45, 7) is 7.12. The van der Waals surface area contributed by atoms with Crippen molar-refractivity contribution < 1.29 is 42.2 Å². The van der Waals surface area contributed by atoms with E-state index in [0.29, 0.717) is 19.0 Å². The first-order valence-corrected chi connectivity index (χ1v) is 6.52. The summed E-state index contributed by atoms with van der Waals surface area (Å²) in [5.41, 5.74) is 0.468. The molecule has 3 rings (SSSR count). The van der Waals surface area contributed by atoms with Crippen molar-refractivity contribution in [2.45, 2.75) is 39.2 Å². The zero-order valence-electron chi connectivity index (χ0n) is 11.8. The van der Waals surface area contributed by atoms with Crippen LogP contribution in [0.25, 0.3) is 0 Å². The van der Waals surface area contributed by atoms with Gasteiger partial charge >= 0.3 is 0 Å². The first kappa shape index (κ1) is 16.7. The monoisotopic (exact) mass is 336 g/mol. The van der Waals surface area contributed by atoms with Crippen LogP contribution in [-0.4, -0.2) is 29.6 Å². The molecule has 2 fully saturated rings. The van der Waals surface area contributed by atoms with Crippen LogP contribution < -0.4 is 4.90 Å². The average molecular weight is 336 g/mol. The van der Waals surface area contributed by atoms with Crippen LogP contribution in [0.5, 0.6) is 0 Å². The van der Waals surface area contributed by atoms with E-state index >= 15 is 0 Å². The van der Waals surface area contributed by atoms with Gasteiger partial charge in [-0.05, 0) is 12.8 Å². The van der Waals surface area contributed by atoms with E-state index in [-0.39, 0.29) is 38.6 Å². The van der Waals surface area contributed by atoms with E-state index in [9.17, 15) is 4.79 Å². The standard InChI is InChI=1S/C12H13N2O2.C2H6.Y/c1-9-2-3-10(13-8-9)14-6-7-16-12(4-5-12)11(14)15;1-2;/h3,8H,4-7H2,1H3;1-2H3;/q-1;;. The maximum Gasteiger partial charge on any atom is 0.249 e. The fourth-order valence-electron chi connectivity index (χ4n) is 2.00. The van der Waals surface area contributed by atoms with Crippen molar-refractivity contribution in [1.29, 1.82) is 0 Å². The smallest absolute Gasteiger partial charge is 0.249 e. The van der Waals surface area contributed by atoms with Crippen molar-refractivity contribution >= 4 is 11.7 Å². The fourth-order valence-corrected chi connectivity index (χ4v) is 2.00. The van der Waals surface area contributed by atoms with Gasteiger partial charge in [0.1, 0.15) is 5.60 Å². The molecule has 0 aromatic carbocycles. The Labute approximate surface area is 139 Å². The molecule has 2 aliphatic rings. The number of morpholine rings is 1. The summed E-state index contributed by atoms with van der Waals surface area (Å²) in [4.78, 5) is 18.1. The van der Waals surface area contributed by atoms with Crippen molar-refractivity contribution in [1.82, 2.24) is 4.98 Å². The Morgan fingerprint density at radius 3 is 2.63 bits per heavy atom. The number of nitrogens with zero attached hydrogens (tertiary/aromatic N) is 2. The molecule has 1 spiro atoms. The molecule has 0 unspecified atom stereocenters. The number of anilines is 1. The molecule has 1 aliphatic heterocycles. The summed E-state index contributed by atoms with van der Waals surface area (Å²) in [5, 5.41) is 0. The van der Waals surface area contributed by atoms with Crippen LogP contribution in [0, 0.1) is 13.0 Å². The molecule has 0 bridgehead atoms. The number of hydrogen-bond donors (Lipinski definition) is 0. The van der Waals surface area contributed by atoms with Crippen molar-refractivity contribution in [3.8, 4) is 0 Å². The minimum Gasteiger partial charge on any atom is -0.367 e. The van der Waals surface area contributed by atoms with Crippen molar-refractivity contribution in [3.05, 3.63) is 23.9 Å². The predicted octanol–water partition coefficient (Wildman–Crippen LogP) is 2.11. The average Bonchev–Trinajstić information content (AvgIpc) is 3.18. The predicted molar refractivity (Wildman–Crippen MR) is 69.4 cm³/mol. The minimum absolute atomic E-state index is 0. The topological polar surface area (TPSA) is 42.4 Å². The van der Waals surface area contributed by atoms with Gasteiger partial charge < -0.3 is 14.6 Å². The molecule has 5 heteroatoms. The first-order valence-electron chi connectivity index (χ1n) is 6.52. The number of carbonyl (C=O) groups is 1. The normalized spacial score (nSPS) is 19.3. The molecule has 4 nitrogen and oxygen atoms in total. The number of ether oxygens (including phenoxy) is 1. The van der Waals surface area contributed by atoms with E-state index in [1.807, 2.05) is 20.8 Å². The Hall–Kier alpha value is -0.316. The molecule has 19 heavy (non-hydrogen) atoms. The first-order chi connectivity index (χ1) is 8.71. The Morgan fingerprint density at radius 2 is 2.11 bits per heavy atom. The van der Waals surface area contributed by atoms with Gasteiger partial charge in [-0.3, -0.25) is 4.79 Å². The molecule has 0 N–H and O–H groups in total. The van der Waals surface area contributed by atoms with Crippen molar-refractivity contribution in [2.75, 3.05) is 18.1 Å². The summed E-state index contributed by atoms with van der Waals surface area (Å²) in [5.74, 6) is 0.744. The molecular weight excluding hydrogens is 317 g/mol. The third-order valence-corrected chi connectivity index (χ3v) is 3.13. The van der Waals surface area contributed by atoms with E-state index in [0.717, 1.165) is 18.4 Å². The Kier molecular flexibility index (Phi) is 6.09. The van der Waals surface area contributed by atoms with E-state index < -0.39 is 5.60 Å². The van der Waals surface area contributed by atoms with Crippen LogP contribution in [0.3, 0.4) is 0 Å². The number of aromatic nitrogens is 1. The Bertz CT molecular complexity index is 430. The number of hydrogen-bond acceptors (Lipinski definition) is 3. The molecule has 1 saturated heterocycles. The molecule has 1 amide bonds.